The zero-order valence-corrected chi connectivity index (χ0v) is 18.9. The Balaban J connectivity index is 0.00000121. The van der Waals surface area contributed by atoms with Gasteiger partial charge < -0.3 is 24.8 Å². The van der Waals surface area contributed by atoms with Crippen LogP contribution in [-0.4, -0.2) is 0 Å². The third kappa shape index (κ3) is 3.23. The fraction of sp³-hybridized carbons (Fsp3) is 0.368. The predicted octanol–water partition coefficient (Wildman–Crippen LogP) is -0.290. The molecule has 0 saturated carbocycles. The summed E-state index contributed by atoms with van der Waals surface area (Å²) in [4.78, 5) is 0. The maximum Gasteiger partial charge on any atom is -1.00 e. The van der Waals surface area contributed by atoms with Crippen LogP contribution in [0.1, 0.15) is 51.7 Å². The Kier molecular flexibility index (Phi) is 6.52. The second-order valence-electron chi connectivity index (χ2n) is 6.35. The van der Waals surface area contributed by atoms with Gasteiger partial charge in [0.05, 0.1) is 0 Å². The molecule has 2 unspecified atom stereocenters. The van der Waals surface area contributed by atoms with Crippen molar-refractivity contribution in [3.63, 3.8) is 0 Å². The molecule has 0 N–H and O–H groups in total. The van der Waals surface area contributed by atoms with Gasteiger partial charge in [0.1, 0.15) is 0 Å². The number of halogens is 2. The van der Waals surface area contributed by atoms with Gasteiger partial charge in [-0.3, -0.25) is 0 Å². The summed E-state index contributed by atoms with van der Waals surface area (Å²) in [6, 6.07) is 8.92. The Morgan fingerprint density at radius 1 is 1.05 bits per heavy atom. The predicted molar refractivity (Wildman–Crippen MR) is 83.3 cm³/mol. The van der Waals surface area contributed by atoms with E-state index in [9.17, 15) is 0 Å². The van der Waals surface area contributed by atoms with Crippen molar-refractivity contribution in [1.29, 1.82) is 0 Å². The molecule has 0 radical (unpaired) electrons. The van der Waals surface area contributed by atoms with Crippen molar-refractivity contribution in [3.05, 3.63) is 61.5 Å². The Hall–Kier alpha value is -0.110. The molecule has 2 atom stereocenters. The van der Waals surface area contributed by atoms with Gasteiger partial charge in [-0.1, -0.05) is 0 Å². The molecule has 116 valence electrons. The van der Waals surface area contributed by atoms with Gasteiger partial charge in [-0.25, -0.2) is 0 Å². The molecule has 1 aromatic rings. The van der Waals surface area contributed by atoms with Crippen LogP contribution in [-0.2, 0) is 22.9 Å². The van der Waals surface area contributed by atoms with E-state index in [1.54, 1.807) is 8.90 Å². The molecule has 22 heavy (non-hydrogen) atoms. The minimum Gasteiger partial charge on any atom is -1.00 e. The Labute approximate surface area is 158 Å². The molecular formula is C19H22Cl2Hf. The molecule has 2 aliphatic rings. The molecule has 0 spiro atoms. The average Bonchev–Trinajstić information content (AvgIpc) is 2.82. The molecule has 1 aromatic carbocycles. The molecule has 0 fully saturated rings. The quantitative estimate of drug-likeness (QED) is 0.491. The van der Waals surface area contributed by atoms with Gasteiger partial charge >= 0.3 is 134 Å². The first kappa shape index (κ1) is 19.9. The minimum absolute atomic E-state index is 0. The van der Waals surface area contributed by atoms with Crippen LogP contribution >= 0.6 is 0 Å². The summed E-state index contributed by atoms with van der Waals surface area (Å²) in [5.74, 6) is 0.647. The largest absolute Gasteiger partial charge is 1.00 e. The first-order chi connectivity index (χ1) is 9.42. The van der Waals surface area contributed by atoms with Crippen LogP contribution in [0.4, 0.5) is 0 Å². The molecule has 0 saturated heterocycles. The van der Waals surface area contributed by atoms with Crippen LogP contribution in [0.5, 0.6) is 0 Å². The molecule has 0 heterocycles. The number of fused-ring (bicyclic) bond motifs is 1. The van der Waals surface area contributed by atoms with Crippen LogP contribution in [0, 0.1) is 0 Å². The van der Waals surface area contributed by atoms with Gasteiger partial charge in [0.2, 0.25) is 0 Å². The summed E-state index contributed by atoms with van der Waals surface area (Å²) >= 11 is -0.916. The van der Waals surface area contributed by atoms with E-state index < -0.39 is 22.9 Å². The SMILES string of the molecule is CC1=C[C](C)([Hf+2][C]2=Cc3ccccc3C2C)C(C)=C1C.[Cl-].[Cl-]. The molecule has 0 amide bonds. The van der Waals surface area contributed by atoms with Gasteiger partial charge in [-0.15, -0.1) is 0 Å². The van der Waals surface area contributed by atoms with Crippen molar-refractivity contribution in [2.45, 2.75) is 43.7 Å². The third-order valence-electron chi connectivity index (χ3n) is 5.08. The molecular weight excluding hydrogens is 478 g/mol. The summed E-state index contributed by atoms with van der Waals surface area (Å²) in [6.07, 6.45) is 5.05. The first-order valence-electron chi connectivity index (χ1n) is 7.39. The van der Waals surface area contributed by atoms with Crippen molar-refractivity contribution in [2.24, 2.45) is 0 Å². The van der Waals surface area contributed by atoms with E-state index in [1.165, 1.54) is 22.3 Å². The van der Waals surface area contributed by atoms with Crippen LogP contribution in [0.15, 0.2) is 50.4 Å². The Morgan fingerprint density at radius 2 is 1.68 bits per heavy atom. The third-order valence-corrected chi connectivity index (χ3v) is 11.9. The van der Waals surface area contributed by atoms with Crippen molar-refractivity contribution in [1.82, 2.24) is 0 Å². The van der Waals surface area contributed by atoms with Gasteiger partial charge in [0.25, 0.3) is 0 Å². The summed E-state index contributed by atoms with van der Waals surface area (Å²) < 4.78 is 2.17. The number of rotatable bonds is 2. The van der Waals surface area contributed by atoms with Crippen LogP contribution in [0.25, 0.3) is 6.08 Å². The second kappa shape index (κ2) is 7.20. The molecule has 2 aliphatic carbocycles. The summed E-state index contributed by atoms with van der Waals surface area (Å²) in [5, 5.41) is 0. The van der Waals surface area contributed by atoms with E-state index in [4.69, 9.17) is 0 Å². The van der Waals surface area contributed by atoms with Crippen molar-refractivity contribution in [3.8, 4) is 0 Å². The molecule has 0 aliphatic heterocycles. The molecule has 0 nitrogen and oxygen atoms in total. The van der Waals surface area contributed by atoms with E-state index in [-0.39, 0.29) is 24.8 Å². The molecule has 3 heteroatoms. The van der Waals surface area contributed by atoms with E-state index in [0.717, 1.165) is 0 Å². The first-order valence-corrected chi connectivity index (χ1v) is 11.0. The van der Waals surface area contributed by atoms with E-state index in [1.807, 2.05) is 0 Å². The maximum absolute atomic E-state index is 2.55. The summed E-state index contributed by atoms with van der Waals surface area (Å²) in [6.45, 7) is 11.8. The van der Waals surface area contributed by atoms with Gasteiger partial charge in [0.15, 0.2) is 0 Å². The van der Waals surface area contributed by atoms with E-state index in [0.29, 0.717) is 9.09 Å². The zero-order valence-electron chi connectivity index (χ0n) is 13.8. The molecule has 3 rings (SSSR count). The van der Waals surface area contributed by atoms with Crippen LogP contribution in [0.3, 0.4) is 0 Å². The summed E-state index contributed by atoms with van der Waals surface area (Å²) in [7, 11) is 0. The van der Waals surface area contributed by atoms with Crippen LogP contribution in [0.2, 0.25) is 3.17 Å². The maximum atomic E-state index is 2.55. The molecule has 0 bridgehead atoms. The summed E-state index contributed by atoms with van der Waals surface area (Å²) in [5.41, 5.74) is 7.66. The van der Waals surface area contributed by atoms with Crippen molar-refractivity contribution < 1.29 is 47.7 Å². The van der Waals surface area contributed by atoms with Gasteiger partial charge in [-0.05, 0) is 0 Å². The fourth-order valence-corrected chi connectivity index (χ4v) is 10.1. The topological polar surface area (TPSA) is 0 Å². The number of hydrogen-bond donors (Lipinski definition) is 0. The average molecular weight is 500 g/mol. The smallest absolute Gasteiger partial charge is 1.00 e. The fourth-order valence-electron chi connectivity index (χ4n) is 3.41. The van der Waals surface area contributed by atoms with Crippen molar-refractivity contribution in [2.75, 3.05) is 0 Å². The monoisotopic (exact) mass is 500 g/mol. The van der Waals surface area contributed by atoms with Gasteiger partial charge in [-0.2, -0.15) is 0 Å². The second-order valence-corrected chi connectivity index (χ2v) is 13.1. The molecule has 0 aromatic heterocycles. The van der Waals surface area contributed by atoms with E-state index >= 15 is 0 Å². The minimum atomic E-state index is -0.916. The normalized spacial score (nSPS) is 25.6. The number of benzene rings is 1. The Morgan fingerprint density at radius 3 is 2.23 bits per heavy atom. The number of allylic oxidation sites excluding steroid dienone is 5. The van der Waals surface area contributed by atoms with E-state index in [2.05, 4.69) is 71.0 Å². The van der Waals surface area contributed by atoms with Gasteiger partial charge in [0, 0.05) is 0 Å². The zero-order chi connectivity index (χ0) is 14.5. The standard InChI is InChI=1S/C10H9.C9H13.2ClH.Hf/c1-8-6-7-9-4-2-3-5-10(8)9;1-6-5-7(2)9(4)8(6)3;;;/h2-5,7-8H,1H3;5H,1-4H3;2*1H;/q;;;;+2/p-2. The van der Waals surface area contributed by atoms with Crippen LogP contribution < -0.4 is 24.8 Å². The van der Waals surface area contributed by atoms with Crippen molar-refractivity contribution >= 4 is 6.08 Å². The number of hydrogen-bond acceptors (Lipinski definition) is 0. The Bertz CT molecular complexity index is 670.